The molecule has 0 bridgehead atoms. The van der Waals surface area contributed by atoms with Crippen molar-refractivity contribution in [1.82, 2.24) is 10.2 Å². The first-order chi connectivity index (χ1) is 9.63. The van der Waals surface area contributed by atoms with E-state index in [4.69, 9.17) is 9.84 Å². The Hall–Kier alpha value is -0.850. The summed E-state index contributed by atoms with van der Waals surface area (Å²) in [5.74, 6) is 0. The highest BCUT2D eigenvalue weighted by molar-refractivity contribution is 5.68. The monoisotopic (exact) mass is 302 g/mol. The third-order valence-corrected chi connectivity index (χ3v) is 3.49. The maximum Gasteiger partial charge on any atom is 0.410 e. The molecule has 1 aliphatic heterocycles. The number of nitrogens with zero attached hydrogens (tertiary/aromatic N) is 1. The topological polar surface area (TPSA) is 82.0 Å². The molecule has 6 nitrogen and oxygen atoms in total. The van der Waals surface area contributed by atoms with Crippen molar-refractivity contribution >= 4 is 6.09 Å². The third-order valence-electron chi connectivity index (χ3n) is 3.49. The maximum absolute atomic E-state index is 12.0. The summed E-state index contributed by atoms with van der Waals surface area (Å²) in [5, 5.41) is 22.1. The first-order valence-corrected chi connectivity index (χ1v) is 7.67. The largest absolute Gasteiger partial charge is 0.444 e. The Kier molecular flexibility index (Phi) is 6.43. The van der Waals surface area contributed by atoms with Crippen LogP contribution in [0.5, 0.6) is 0 Å². The molecule has 0 radical (unpaired) electrons. The van der Waals surface area contributed by atoms with E-state index in [1.54, 1.807) is 11.8 Å². The van der Waals surface area contributed by atoms with Crippen LogP contribution in [0.2, 0.25) is 0 Å². The number of ether oxygens (including phenoxy) is 1. The van der Waals surface area contributed by atoms with Crippen molar-refractivity contribution in [2.75, 3.05) is 26.2 Å². The van der Waals surface area contributed by atoms with Gasteiger partial charge in [-0.1, -0.05) is 0 Å². The number of carbonyl (C=O) groups is 1. The van der Waals surface area contributed by atoms with Crippen molar-refractivity contribution in [2.45, 2.75) is 64.2 Å². The minimum Gasteiger partial charge on any atom is -0.444 e. The zero-order chi connectivity index (χ0) is 16.1. The molecule has 1 rings (SSSR count). The molecule has 0 aromatic carbocycles. The molecule has 1 aliphatic rings. The van der Waals surface area contributed by atoms with Gasteiger partial charge < -0.3 is 25.2 Å². The zero-order valence-electron chi connectivity index (χ0n) is 13.7. The van der Waals surface area contributed by atoms with Crippen molar-refractivity contribution in [3.05, 3.63) is 0 Å². The fraction of sp³-hybridized carbons (Fsp3) is 0.933. The Labute approximate surface area is 127 Å². The van der Waals surface area contributed by atoms with Crippen LogP contribution in [-0.2, 0) is 4.74 Å². The predicted octanol–water partition coefficient (Wildman–Crippen LogP) is 1.11. The molecule has 2 unspecified atom stereocenters. The highest BCUT2D eigenvalue weighted by Crippen LogP contribution is 2.16. The summed E-state index contributed by atoms with van der Waals surface area (Å²) in [7, 11) is 0. The lowest BCUT2D eigenvalue weighted by atomic mass is 10.1. The van der Waals surface area contributed by atoms with Gasteiger partial charge in [0.2, 0.25) is 0 Å². The van der Waals surface area contributed by atoms with E-state index in [1.165, 1.54) is 0 Å². The Morgan fingerprint density at radius 1 is 1.29 bits per heavy atom. The number of likely N-dealkylation sites (tertiary alicyclic amines) is 1. The van der Waals surface area contributed by atoms with Gasteiger partial charge in [0, 0.05) is 25.7 Å². The molecule has 1 fully saturated rings. The molecule has 2 atom stereocenters. The van der Waals surface area contributed by atoms with E-state index in [0.717, 1.165) is 19.3 Å². The van der Waals surface area contributed by atoms with Crippen LogP contribution in [0.15, 0.2) is 0 Å². The fourth-order valence-electron chi connectivity index (χ4n) is 2.23. The second-order valence-electron chi connectivity index (χ2n) is 7.13. The molecule has 3 N–H and O–H groups in total. The number of nitrogens with one attached hydrogen (secondary N) is 1. The molecular formula is C15H30N2O4. The second kappa shape index (κ2) is 7.42. The molecule has 0 aromatic heterocycles. The standard InChI is InChI=1S/C15H30N2O4/c1-14(2,3)21-13(19)17-8-5-6-12(7-9-17)16-10-15(4,20)11-18/h12,16,18,20H,5-11H2,1-4H3. The number of hydrogen-bond acceptors (Lipinski definition) is 5. The summed E-state index contributed by atoms with van der Waals surface area (Å²) in [4.78, 5) is 13.8. The molecule has 1 saturated heterocycles. The average Bonchev–Trinajstić information content (AvgIpc) is 2.60. The van der Waals surface area contributed by atoms with E-state index in [-0.39, 0.29) is 18.7 Å². The smallest absolute Gasteiger partial charge is 0.410 e. The van der Waals surface area contributed by atoms with Gasteiger partial charge in [-0.15, -0.1) is 0 Å². The highest BCUT2D eigenvalue weighted by Gasteiger charge is 2.26. The van der Waals surface area contributed by atoms with Gasteiger partial charge in [0.15, 0.2) is 0 Å². The van der Waals surface area contributed by atoms with E-state index in [0.29, 0.717) is 19.6 Å². The highest BCUT2D eigenvalue weighted by atomic mass is 16.6. The van der Waals surface area contributed by atoms with Crippen molar-refractivity contribution in [3.63, 3.8) is 0 Å². The minimum absolute atomic E-state index is 0.246. The molecule has 0 aromatic rings. The first kappa shape index (κ1) is 18.2. The third kappa shape index (κ3) is 7.11. The second-order valence-corrected chi connectivity index (χ2v) is 7.13. The van der Waals surface area contributed by atoms with Crippen LogP contribution in [0.3, 0.4) is 0 Å². The molecule has 21 heavy (non-hydrogen) atoms. The van der Waals surface area contributed by atoms with Crippen LogP contribution >= 0.6 is 0 Å². The van der Waals surface area contributed by atoms with E-state index < -0.39 is 11.2 Å². The summed E-state index contributed by atoms with van der Waals surface area (Å²) >= 11 is 0. The lowest BCUT2D eigenvalue weighted by Gasteiger charge is -2.27. The fourth-order valence-corrected chi connectivity index (χ4v) is 2.23. The van der Waals surface area contributed by atoms with Crippen LogP contribution < -0.4 is 5.32 Å². The van der Waals surface area contributed by atoms with Crippen molar-refractivity contribution < 1.29 is 19.7 Å². The van der Waals surface area contributed by atoms with Crippen LogP contribution in [0.25, 0.3) is 0 Å². The molecule has 1 amide bonds. The Morgan fingerprint density at radius 3 is 2.52 bits per heavy atom. The van der Waals surface area contributed by atoms with Crippen LogP contribution in [0.4, 0.5) is 4.79 Å². The quantitative estimate of drug-likeness (QED) is 0.725. The molecule has 0 saturated carbocycles. The summed E-state index contributed by atoms with van der Waals surface area (Å²) in [5.41, 5.74) is -1.57. The maximum atomic E-state index is 12.0. The Bertz CT molecular complexity index is 339. The summed E-state index contributed by atoms with van der Waals surface area (Å²) in [6, 6.07) is 0.246. The summed E-state index contributed by atoms with van der Waals surface area (Å²) in [6.07, 6.45) is 2.41. The van der Waals surface area contributed by atoms with Gasteiger partial charge in [0.25, 0.3) is 0 Å². The Balaban J connectivity index is 2.42. The van der Waals surface area contributed by atoms with Crippen LogP contribution in [0.1, 0.15) is 47.0 Å². The lowest BCUT2D eigenvalue weighted by molar-refractivity contribution is 0.000280. The van der Waals surface area contributed by atoms with Gasteiger partial charge in [-0.3, -0.25) is 0 Å². The van der Waals surface area contributed by atoms with Gasteiger partial charge >= 0.3 is 6.09 Å². The van der Waals surface area contributed by atoms with E-state index >= 15 is 0 Å². The number of amides is 1. The lowest BCUT2D eigenvalue weighted by Crippen LogP contribution is -2.45. The number of aliphatic hydroxyl groups excluding tert-OH is 1. The number of rotatable bonds is 4. The van der Waals surface area contributed by atoms with Crippen LogP contribution in [-0.4, -0.2) is 64.7 Å². The molecular weight excluding hydrogens is 272 g/mol. The molecule has 0 aliphatic carbocycles. The normalized spacial score (nSPS) is 23.3. The Morgan fingerprint density at radius 2 is 1.95 bits per heavy atom. The molecule has 1 heterocycles. The first-order valence-electron chi connectivity index (χ1n) is 7.67. The van der Waals surface area contributed by atoms with Crippen LogP contribution in [0, 0.1) is 0 Å². The zero-order valence-corrected chi connectivity index (χ0v) is 13.7. The minimum atomic E-state index is -1.10. The molecule has 0 spiro atoms. The van der Waals surface area contributed by atoms with E-state index in [9.17, 15) is 9.90 Å². The van der Waals surface area contributed by atoms with Crippen molar-refractivity contribution in [2.24, 2.45) is 0 Å². The summed E-state index contributed by atoms with van der Waals surface area (Å²) < 4.78 is 5.39. The SMILES string of the molecule is CC(O)(CO)CNC1CCCN(C(=O)OC(C)(C)C)CC1. The van der Waals surface area contributed by atoms with Gasteiger partial charge in [0.05, 0.1) is 12.2 Å². The number of carbonyl (C=O) groups excluding carboxylic acids is 1. The predicted molar refractivity (Wildman–Crippen MR) is 81.2 cm³/mol. The summed E-state index contributed by atoms with van der Waals surface area (Å²) in [6.45, 7) is 8.62. The van der Waals surface area contributed by atoms with E-state index in [2.05, 4.69) is 5.32 Å². The average molecular weight is 302 g/mol. The van der Waals surface area contributed by atoms with Gasteiger partial charge in [-0.2, -0.15) is 0 Å². The van der Waals surface area contributed by atoms with Crippen molar-refractivity contribution in [1.29, 1.82) is 0 Å². The number of aliphatic hydroxyl groups is 2. The van der Waals surface area contributed by atoms with E-state index in [1.807, 2.05) is 20.8 Å². The molecule has 124 valence electrons. The molecule has 6 heteroatoms. The van der Waals surface area contributed by atoms with Gasteiger partial charge in [0.1, 0.15) is 5.60 Å². The van der Waals surface area contributed by atoms with Gasteiger partial charge in [-0.25, -0.2) is 4.79 Å². The number of hydrogen-bond donors (Lipinski definition) is 3. The van der Waals surface area contributed by atoms with Gasteiger partial charge in [-0.05, 0) is 47.0 Å². The van der Waals surface area contributed by atoms with Crippen molar-refractivity contribution in [3.8, 4) is 0 Å².